The van der Waals surface area contributed by atoms with Gasteiger partial charge in [0.15, 0.2) is 0 Å². The quantitative estimate of drug-likeness (QED) is 0.773. The minimum atomic E-state index is -0.401. The first kappa shape index (κ1) is 16.0. The van der Waals surface area contributed by atoms with Crippen molar-refractivity contribution in [2.75, 3.05) is 11.9 Å². The van der Waals surface area contributed by atoms with Crippen LogP contribution in [-0.4, -0.2) is 29.3 Å². The molecule has 4 nitrogen and oxygen atoms in total. The zero-order chi connectivity index (χ0) is 16.2. The summed E-state index contributed by atoms with van der Waals surface area (Å²) in [6.07, 6.45) is 1.55. The van der Waals surface area contributed by atoms with Gasteiger partial charge >= 0.3 is 0 Å². The van der Waals surface area contributed by atoms with E-state index >= 15 is 0 Å². The van der Waals surface area contributed by atoms with Crippen LogP contribution in [0.5, 0.6) is 0 Å². The van der Waals surface area contributed by atoms with Gasteiger partial charge in [-0.15, -0.1) is 0 Å². The van der Waals surface area contributed by atoms with Gasteiger partial charge in [-0.2, -0.15) is 0 Å². The van der Waals surface area contributed by atoms with E-state index in [0.717, 1.165) is 15.7 Å². The molecule has 0 bridgehead atoms. The molecule has 0 saturated carbocycles. The maximum atomic E-state index is 12.7. The van der Waals surface area contributed by atoms with Crippen molar-refractivity contribution in [3.8, 4) is 0 Å². The minimum absolute atomic E-state index is 0.0767. The summed E-state index contributed by atoms with van der Waals surface area (Å²) in [5.74, 6) is -0.195. The molecule has 1 saturated heterocycles. The Hall–Kier alpha value is -1.89. The van der Waals surface area contributed by atoms with Crippen molar-refractivity contribution in [3.05, 3.63) is 63.7 Å². The largest absolute Gasteiger partial charge is 0.327 e. The fourth-order valence-electron chi connectivity index (χ4n) is 2.79. The predicted molar refractivity (Wildman–Crippen MR) is 98.3 cm³/mol. The highest BCUT2D eigenvalue weighted by atomic mass is 127. The number of benzene rings is 2. The monoisotopic (exact) mass is 420 g/mol. The third kappa shape index (κ3) is 3.72. The van der Waals surface area contributed by atoms with Crippen LogP contribution < -0.4 is 5.32 Å². The summed E-state index contributed by atoms with van der Waals surface area (Å²) in [5.41, 5.74) is 1.39. The van der Waals surface area contributed by atoms with Crippen LogP contribution in [-0.2, 0) is 4.79 Å². The van der Waals surface area contributed by atoms with E-state index in [1.807, 2.05) is 54.6 Å². The second-order valence-electron chi connectivity index (χ2n) is 5.52. The Kier molecular flexibility index (Phi) is 4.95. The molecule has 3 rings (SSSR count). The van der Waals surface area contributed by atoms with E-state index in [9.17, 15) is 9.59 Å². The highest BCUT2D eigenvalue weighted by Gasteiger charge is 2.34. The lowest BCUT2D eigenvalue weighted by atomic mass is 10.1. The van der Waals surface area contributed by atoms with Crippen molar-refractivity contribution in [2.45, 2.75) is 18.9 Å². The van der Waals surface area contributed by atoms with E-state index in [-0.39, 0.29) is 11.8 Å². The van der Waals surface area contributed by atoms with Crippen LogP contribution in [0.1, 0.15) is 23.2 Å². The van der Waals surface area contributed by atoms with Crippen molar-refractivity contribution in [3.63, 3.8) is 0 Å². The first-order valence-corrected chi connectivity index (χ1v) is 8.65. The van der Waals surface area contributed by atoms with E-state index in [0.29, 0.717) is 18.5 Å². The summed E-state index contributed by atoms with van der Waals surface area (Å²) < 4.78 is 1.08. The van der Waals surface area contributed by atoms with Crippen LogP contribution in [0.3, 0.4) is 0 Å². The van der Waals surface area contributed by atoms with E-state index in [2.05, 4.69) is 27.9 Å². The van der Waals surface area contributed by atoms with Crippen LogP contribution in [0.2, 0.25) is 0 Å². The summed E-state index contributed by atoms with van der Waals surface area (Å²) in [7, 11) is 0. The number of halogens is 1. The van der Waals surface area contributed by atoms with Crippen LogP contribution in [0.15, 0.2) is 54.6 Å². The number of para-hydroxylation sites is 1. The zero-order valence-electron chi connectivity index (χ0n) is 12.5. The highest BCUT2D eigenvalue weighted by Crippen LogP contribution is 2.22. The third-order valence-electron chi connectivity index (χ3n) is 3.95. The fraction of sp³-hybridized carbons (Fsp3) is 0.222. The van der Waals surface area contributed by atoms with Gasteiger partial charge in [0.25, 0.3) is 5.91 Å². The topological polar surface area (TPSA) is 49.4 Å². The second kappa shape index (κ2) is 7.12. The number of hydrogen-bond acceptors (Lipinski definition) is 2. The van der Waals surface area contributed by atoms with Crippen LogP contribution >= 0.6 is 22.6 Å². The number of carbonyl (C=O) groups excluding carboxylic acids is 2. The van der Waals surface area contributed by atoms with E-state index in [1.54, 1.807) is 4.90 Å². The highest BCUT2D eigenvalue weighted by molar-refractivity contribution is 14.1. The van der Waals surface area contributed by atoms with E-state index < -0.39 is 6.04 Å². The molecule has 118 valence electrons. The number of nitrogens with one attached hydrogen (secondary N) is 1. The molecule has 5 heteroatoms. The van der Waals surface area contributed by atoms with Crippen LogP contribution in [0.4, 0.5) is 5.69 Å². The fourth-order valence-corrected chi connectivity index (χ4v) is 3.15. The van der Waals surface area contributed by atoms with Crippen LogP contribution in [0.25, 0.3) is 0 Å². The molecule has 1 heterocycles. The summed E-state index contributed by atoms with van der Waals surface area (Å²) in [4.78, 5) is 26.9. The Morgan fingerprint density at radius 1 is 1.04 bits per heavy atom. The number of carbonyl (C=O) groups is 2. The van der Waals surface area contributed by atoms with Gasteiger partial charge in [-0.3, -0.25) is 9.59 Å². The van der Waals surface area contributed by atoms with Gasteiger partial charge in [0.1, 0.15) is 6.04 Å². The number of nitrogens with zero attached hydrogens (tertiary/aromatic N) is 1. The number of likely N-dealkylation sites (tertiary alicyclic amines) is 1. The first-order valence-electron chi connectivity index (χ1n) is 7.57. The van der Waals surface area contributed by atoms with E-state index in [4.69, 9.17) is 0 Å². The van der Waals surface area contributed by atoms with Crippen molar-refractivity contribution < 1.29 is 9.59 Å². The molecule has 0 radical (unpaired) electrons. The van der Waals surface area contributed by atoms with Gasteiger partial charge in [0.05, 0.1) is 0 Å². The average Bonchev–Trinajstić information content (AvgIpc) is 3.05. The molecule has 1 N–H and O–H groups in total. The van der Waals surface area contributed by atoms with Crippen molar-refractivity contribution >= 4 is 40.1 Å². The maximum Gasteiger partial charge on any atom is 0.254 e. The second-order valence-corrected chi connectivity index (χ2v) is 6.76. The molecule has 1 fully saturated rings. The van der Waals surface area contributed by atoms with Crippen molar-refractivity contribution in [1.82, 2.24) is 4.90 Å². The molecule has 0 spiro atoms. The van der Waals surface area contributed by atoms with Crippen molar-refractivity contribution in [1.29, 1.82) is 0 Å². The molecule has 23 heavy (non-hydrogen) atoms. The summed E-state index contributed by atoms with van der Waals surface area (Å²) in [6, 6.07) is 16.4. The molecule has 0 aromatic heterocycles. The van der Waals surface area contributed by atoms with Gasteiger partial charge in [-0.1, -0.05) is 18.2 Å². The third-order valence-corrected chi connectivity index (χ3v) is 4.67. The number of amides is 2. The van der Waals surface area contributed by atoms with Gasteiger partial charge in [-0.05, 0) is 71.8 Å². The number of rotatable bonds is 3. The molecule has 1 unspecified atom stereocenters. The molecular weight excluding hydrogens is 403 g/mol. The molecule has 1 aliphatic rings. The number of anilines is 1. The lowest BCUT2D eigenvalue weighted by Gasteiger charge is -2.24. The Labute approximate surface area is 149 Å². The lowest BCUT2D eigenvalue weighted by molar-refractivity contribution is -0.119. The van der Waals surface area contributed by atoms with Crippen molar-refractivity contribution in [2.24, 2.45) is 0 Å². The predicted octanol–water partition coefficient (Wildman–Crippen LogP) is 3.53. The molecule has 1 aliphatic heterocycles. The SMILES string of the molecule is O=C(Nc1ccccc1)C1CCCN1C(=O)c1ccc(I)cc1. The van der Waals surface area contributed by atoms with Crippen LogP contribution in [0, 0.1) is 3.57 Å². The van der Waals surface area contributed by atoms with Gasteiger partial charge in [0.2, 0.25) is 5.91 Å². The zero-order valence-corrected chi connectivity index (χ0v) is 14.7. The van der Waals surface area contributed by atoms with Gasteiger partial charge in [0, 0.05) is 21.4 Å². The maximum absolute atomic E-state index is 12.7. The standard InChI is InChI=1S/C18H17IN2O2/c19-14-10-8-13(9-11-14)18(23)21-12-4-7-16(21)17(22)20-15-5-2-1-3-6-15/h1-3,5-6,8-11,16H,4,7,12H2,(H,20,22). The normalized spacial score (nSPS) is 17.1. The summed E-state index contributed by atoms with van der Waals surface area (Å²) in [6.45, 7) is 0.623. The van der Waals surface area contributed by atoms with Gasteiger partial charge < -0.3 is 10.2 Å². The van der Waals surface area contributed by atoms with Gasteiger partial charge in [-0.25, -0.2) is 0 Å². The summed E-state index contributed by atoms with van der Waals surface area (Å²) >= 11 is 2.21. The number of hydrogen-bond donors (Lipinski definition) is 1. The lowest BCUT2D eigenvalue weighted by Crippen LogP contribution is -2.43. The molecular formula is C18H17IN2O2. The van der Waals surface area contributed by atoms with E-state index in [1.165, 1.54) is 0 Å². The minimum Gasteiger partial charge on any atom is -0.327 e. The molecule has 2 amide bonds. The molecule has 2 aromatic carbocycles. The average molecular weight is 420 g/mol. The Bertz CT molecular complexity index is 701. The Morgan fingerprint density at radius 3 is 2.43 bits per heavy atom. The Morgan fingerprint density at radius 2 is 1.74 bits per heavy atom. The first-order chi connectivity index (χ1) is 11.1. The smallest absolute Gasteiger partial charge is 0.254 e. The Balaban J connectivity index is 1.73. The summed E-state index contributed by atoms with van der Waals surface area (Å²) in [5, 5.41) is 2.90. The molecule has 2 aromatic rings. The molecule has 0 aliphatic carbocycles. The molecule has 1 atom stereocenters.